The quantitative estimate of drug-likeness (QED) is 0.594. The number of hydrogen-bond donors (Lipinski definition) is 2. The number of H-pyrrole nitrogens is 1. The van der Waals surface area contributed by atoms with E-state index in [0.717, 1.165) is 11.9 Å². The molecule has 2 heterocycles. The first-order chi connectivity index (χ1) is 15.5. The molecule has 0 fully saturated rings. The van der Waals surface area contributed by atoms with Crippen LogP contribution >= 0.6 is 0 Å². The summed E-state index contributed by atoms with van der Waals surface area (Å²) in [4.78, 5) is 30.8. The van der Waals surface area contributed by atoms with Crippen LogP contribution in [0, 0.1) is 5.92 Å². The minimum atomic E-state index is -0.579. The highest BCUT2D eigenvalue weighted by Gasteiger charge is 2.30. The number of carbonyl (C=O) groups excluding carboxylic acids is 2. The molecule has 166 valence electrons. The molecule has 1 atom stereocenters. The Morgan fingerprint density at radius 1 is 1.09 bits per heavy atom. The first-order valence-electron chi connectivity index (χ1n) is 11.0. The smallest absolute Gasteiger partial charge is 0.258 e. The fourth-order valence-electron chi connectivity index (χ4n) is 4.04. The number of aromatic amines is 1. The summed E-state index contributed by atoms with van der Waals surface area (Å²) >= 11 is 0. The lowest BCUT2D eigenvalue weighted by Crippen LogP contribution is -2.53. The molecule has 0 saturated carbocycles. The molecule has 32 heavy (non-hydrogen) atoms. The van der Waals surface area contributed by atoms with Crippen molar-refractivity contribution in [2.75, 3.05) is 19.7 Å². The van der Waals surface area contributed by atoms with Gasteiger partial charge in [-0.2, -0.15) is 0 Å². The second-order valence-corrected chi connectivity index (χ2v) is 8.40. The average molecular weight is 432 g/mol. The fourth-order valence-corrected chi connectivity index (χ4v) is 4.04. The summed E-state index contributed by atoms with van der Waals surface area (Å²) in [5.41, 5.74) is 3.55. The van der Waals surface area contributed by atoms with Gasteiger partial charge in [0.25, 0.3) is 5.91 Å². The van der Waals surface area contributed by atoms with E-state index in [0.29, 0.717) is 18.8 Å². The van der Waals surface area contributed by atoms with Gasteiger partial charge in [-0.05, 0) is 36.1 Å². The Morgan fingerprint density at radius 3 is 2.56 bits per heavy atom. The van der Waals surface area contributed by atoms with E-state index in [1.807, 2.05) is 55.3 Å². The number of benzene rings is 2. The van der Waals surface area contributed by atoms with Crippen LogP contribution in [0.2, 0.25) is 0 Å². The first kappa shape index (κ1) is 21.7. The van der Waals surface area contributed by atoms with E-state index < -0.39 is 6.04 Å². The highest BCUT2D eigenvalue weighted by Crippen LogP contribution is 2.29. The van der Waals surface area contributed by atoms with Crippen molar-refractivity contribution < 1.29 is 14.3 Å². The maximum absolute atomic E-state index is 13.2. The summed E-state index contributed by atoms with van der Waals surface area (Å²) in [7, 11) is 0. The zero-order valence-electron chi connectivity index (χ0n) is 18.5. The molecule has 0 radical (unpaired) electrons. The minimum absolute atomic E-state index is 0.0258. The standard InChI is InChI=1S/C26H29N3O3/c1-18(2)25(28-24(30)17-32-20-8-4-3-5-9-20)26(31)29-14-12-19(13-15-29)22-16-27-23-11-7-6-10-21(22)23/h3-12,16,18,25,27H,13-15,17H2,1-2H3,(H,28,30). The molecule has 1 aliphatic rings. The summed E-state index contributed by atoms with van der Waals surface area (Å²) in [6.07, 6.45) is 4.94. The molecule has 0 aliphatic carbocycles. The van der Waals surface area contributed by atoms with E-state index in [4.69, 9.17) is 4.74 Å². The number of ether oxygens (including phenoxy) is 1. The third kappa shape index (κ3) is 4.85. The van der Waals surface area contributed by atoms with Crippen molar-refractivity contribution in [2.24, 2.45) is 5.92 Å². The van der Waals surface area contributed by atoms with Crippen LogP contribution in [0.25, 0.3) is 16.5 Å². The molecular weight excluding hydrogens is 402 g/mol. The summed E-state index contributed by atoms with van der Waals surface area (Å²) in [6.45, 7) is 4.93. The Labute approximate surface area is 188 Å². The van der Waals surface area contributed by atoms with Gasteiger partial charge < -0.3 is 19.9 Å². The van der Waals surface area contributed by atoms with Crippen LogP contribution < -0.4 is 10.1 Å². The molecule has 2 N–H and O–H groups in total. The molecule has 1 aliphatic heterocycles. The van der Waals surface area contributed by atoms with Crippen molar-refractivity contribution in [1.29, 1.82) is 0 Å². The van der Waals surface area contributed by atoms with Crippen LogP contribution in [0.15, 0.2) is 66.9 Å². The third-order valence-corrected chi connectivity index (χ3v) is 5.82. The Bertz CT molecular complexity index is 1120. The molecular formula is C26H29N3O3. The van der Waals surface area contributed by atoms with E-state index in [-0.39, 0.29) is 24.3 Å². The van der Waals surface area contributed by atoms with Crippen molar-refractivity contribution in [3.05, 3.63) is 72.4 Å². The van der Waals surface area contributed by atoms with Gasteiger partial charge in [0.1, 0.15) is 11.8 Å². The van der Waals surface area contributed by atoms with Gasteiger partial charge in [-0.15, -0.1) is 0 Å². The molecule has 0 saturated heterocycles. The van der Waals surface area contributed by atoms with Gasteiger partial charge in [-0.1, -0.05) is 56.3 Å². The molecule has 2 amide bonds. The number of amides is 2. The lowest BCUT2D eigenvalue weighted by molar-refractivity contribution is -0.137. The van der Waals surface area contributed by atoms with E-state index in [9.17, 15) is 9.59 Å². The highest BCUT2D eigenvalue weighted by atomic mass is 16.5. The van der Waals surface area contributed by atoms with E-state index in [1.54, 1.807) is 12.1 Å². The topological polar surface area (TPSA) is 74.4 Å². The predicted molar refractivity (Wildman–Crippen MR) is 126 cm³/mol. The largest absolute Gasteiger partial charge is 0.484 e. The molecule has 6 heteroatoms. The maximum atomic E-state index is 13.2. The summed E-state index contributed by atoms with van der Waals surface area (Å²) in [5, 5.41) is 4.06. The zero-order valence-corrected chi connectivity index (χ0v) is 18.5. The number of carbonyl (C=O) groups is 2. The Kier molecular flexibility index (Phi) is 6.59. The van der Waals surface area contributed by atoms with Crippen LogP contribution in [-0.4, -0.2) is 47.4 Å². The molecule has 2 aromatic carbocycles. The zero-order chi connectivity index (χ0) is 22.5. The first-order valence-corrected chi connectivity index (χ1v) is 11.0. The summed E-state index contributed by atoms with van der Waals surface area (Å²) < 4.78 is 5.51. The van der Waals surface area contributed by atoms with Crippen molar-refractivity contribution in [1.82, 2.24) is 15.2 Å². The van der Waals surface area contributed by atoms with Crippen molar-refractivity contribution in [2.45, 2.75) is 26.3 Å². The van der Waals surface area contributed by atoms with Gasteiger partial charge in [0.05, 0.1) is 0 Å². The Morgan fingerprint density at radius 2 is 1.84 bits per heavy atom. The summed E-state index contributed by atoms with van der Waals surface area (Å²) in [5.74, 6) is 0.249. The lowest BCUT2D eigenvalue weighted by Gasteiger charge is -2.32. The minimum Gasteiger partial charge on any atom is -0.484 e. The van der Waals surface area contributed by atoms with Gasteiger partial charge >= 0.3 is 0 Å². The van der Waals surface area contributed by atoms with Crippen molar-refractivity contribution >= 4 is 28.3 Å². The van der Waals surface area contributed by atoms with Crippen molar-refractivity contribution in [3.63, 3.8) is 0 Å². The normalized spacial score (nSPS) is 14.8. The number of nitrogens with zero attached hydrogens (tertiary/aromatic N) is 1. The maximum Gasteiger partial charge on any atom is 0.258 e. The van der Waals surface area contributed by atoms with Crippen LogP contribution in [0.4, 0.5) is 0 Å². The molecule has 0 spiro atoms. The molecule has 3 aromatic rings. The summed E-state index contributed by atoms with van der Waals surface area (Å²) in [6, 6.07) is 16.8. The lowest BCUT2D eigenvalue weighted by atomic mass is 9.97. The molecule has 0 bridgehead atoms. The number of nitrogens with one attached hydrogen (secondary N) is 2. The third-order valence-electron chi connectivity index (χ3n) is 5.82. The average Bonchev–Trinajstić information content (AvgIpc) is 3.25. The van der Waals surface area contributed by atoms with E-state index >= 15 is 0 Å². The highest BCUT2D eigenvalue weighted by molar-refractivity contribution is 5.93. The number of hydrogen-bond acceptors (Lipinski definition) is 3. The molecule has 6 nitrogen and oxygen atoms in total. The Hall–Kier alpha value is -3.54. The van der Waals surface area contributed by atoms with Crippen LogP contribution in [0.5, 0.6) is 5.75 Å². The van der Waals surface area contributed by atoms with Gasteiger partial charge in [-0.3, -0.25) is 9.59 Å². The number of fused-ring (bicyclic) bond motifs is 1. The van der Waals surface area contributed by atoms with Crippen LogP contribution in [0.3, 0.4) is 0 Å². The second-order valence-electron chi connectivity index (χ2n) is 8.40. The van der Waals surface area contributed by atoms with E-state index in [1.165, 1.54) is 16.5 Å². The molecule has 1 aromatic heterocycles. The predicted octanol–water partition coefficient (Wildman–Crippen LogP) is 4.00. The molecule has 1 unspecified atom stereocenters. The number of para-hydroxylation sites is 2. The van der Waals surface area contributed by atoms with Gasteiger partial charge in [0.2, 0.25) is 5.91 Å². The van der Waals surface area contributed by atoms with Crippen LogP contribution in [-0.2, 0) is 9.59 Å². The second kappa shape index (κ2) is 9.73. The Balaban J connectivity index is 1.38. The fraction of sp³-hybridized carbons (Fsp3) is 0.308. The number of aromatic nitrogens is 1. The molecule has 4 rings (SSSR count). The van der Waals surface area contributed by atoms with E-state index in [2.05, 4.69) is 28.5 Å². The van der Waals surface area contributed by atoms with Gasteiger partial charge in [0.15, 0.2) is 6.61 Å². The number of rotatable bonds is 7. The van der Waals surface area contributed by atoms with Crippen LogP contribution in [0.1, 0.15) is 25.8 Å². The monoisotopic (exact) mass is 431 g/mol. The van der Waals surface area contributed by atoms with Gasteiger partial charge in [-0.25, -0.2) is 0 Å². The SMILES string of the molecule is CC(C)C(NC(=O)COc1ccccc1)C(=O)N1CC=C(c2c[nH]c3ccccc23)CC1. The van der Waals surface area contributed by atoms with Gasteiger partial charge in [0, 0.05) is 35.8 Å². The van der Waals surface area contributed by atoms with Crippen molar-refractivity contribution in [3.8, 4) is 5.75 Å².